The minimum absolute atomic E-state index is 0.0791. The molecule has 2 amide bonds. The van der Waals surface area contributed by atoms with Gasteiger partial charge in [-0.05, 0) is 25.3 Å². The maximum atomic E-state index is 12.2. The molecule has 1 aromatic heterocycles. The van der Waals surface area contributed by atoms with Crippen LogP contribution in [0.3, 0.4) is 0 Å². The molecule has 0 saturated carbocycles. The number of nitrogens with zero attached hydrogens (tertiary/aromatic N) is 1. The number of hydrogen-bond donors (Lipinski definition) is 2. The van der Waals surface area contributed by atoms with E-state index in [1.54, 1.807) is 23.5 Å². The maximum absolute atomic E-state index is 12.2. The summed E-state index contributed by atoms with van der Waals surface area (Å²) in [5, 5.41) is 12.0. The number of hydrogen-bond acceptors (Lipinski definition) is 3. The number of furan rings is 1. The third-order valence-corrected chi connectivity index (χ3v) is 4.11. The van der Waals surface area contributed by atoms with E-state index in [1.165, 1.54) is 0 Å². The minimum Gasteiger partial charge on any atom is -0.481 e. The zero-order valence-corrected chi connectivity index (χ0v) is 10.4. The van der Waals surface area contributed by atoms with Crippen molar-refractivity contribution in [2.75, 3.05) is 0 Å². The molecule has 2 bridgehead atoms. The monoisotopic (exact) mass is 264 g/mol. The van der Waals surface area contributed by atoms with Gasteiger partial charge in [-0.15, -0.1) is 0 Å². The topological polar surface area (TPSA) is 82.8 Å². The number of carbonyl (C=O) groups excluding carboxylic acids is 1. The summed E-state index contributed by atoms with van der Waals surface area (Å²) >= 11 is 0. The van der Waals surface area contributed by atoms with Gasteiger partial charge < -0.3 is 19.7 Å². The molecule has 2 fully saturated rings. The van der Waals surface area contributed by atoms with Crippen molar-refractivity contribution in [3.8, 4) is 0 Å². The molecule has 2 N–H and O–H groups in total. The lowest BCUT2D eigenvalue weighted by molar-refractivity contribution is -0.142. The average Bonchev–Trinajstić information content (AvgIpc) is 3.11. The number of aliphatic carboxylic acids is 1. The molecule has 1 aromatic rings. The zero-order valence-electron chi connectivity index (χ0n) is 10.4. The molecule has 19 heavy (non-hydrogen) atoms. The molecule has 0 spiro atoms. The van der Waals surface area contributed by atoms with E-state index in [2.05, 4.69) is 5.32 Å². The van der Waals surface area contributed by atoms with E-state index in [4.69, 9.17) is 9.52 Å². The molecule has 3 heterocycles. The number of carboxylic acids is 1. The van der Waals surface area contributed by atoms with Crippen LogP contribution in [0.2, 0.25) is 0 Å². The molecule has 2 aliphatic rings. The second kappa shape index (κ2) is 4.60. The zero-order chi connectivity index (χ0) is 13.4. The van der Waals surface area contributed by atoms with Crippen LogP contribution in [0.1, 0.15) is 24.8 Å². The van der Waals surface area contributed by atoms with Crippen molar-refractivity contribution in [1.29, 1.82) is 0 Å². The van der Waals surface area contributed by atoms with Crippen LogP contribution in [0.5, 0.6) is 0 Å². The van der Waals surface area contributed by atoms with Gasteiger partial charge in [0.15, 0.2) is 0 Å². The molecule has 102 valence electrons. The fraction of sp³-hybridized carbons (Fsp3) is 0.538. The van der Waals surface area contributed by atoms with Crippen molar-refractivity contribution in [1.82, 2.24) is 10.2 Å². The number of urea groups is 1. The summed E-state index contributed by atoms with van der Waals surface area (Å²) in [5.41, 5.74) is 0.898. The summed E-state index contributed by atoms with van der Waals surface area (Å²) < 4.78 is 4.93. The third kappa shape index (κ3) is 2.07. The molecule has 6 nitrogen and oxygen atoms in total. The predicted octanol–water partition coefficient (Wildman–Crippen LogP) is 1.43. The molecule has 3 rings (SSSR count). The summed E-state index contributed by atoms with van der Waals surface area (Å²) in [4.78, 5) is 25.0. The lowest BCUT2D eigenvalue weighted by Crippen LogP contribution is -2.43. The Hall–Kier alpha value is -1.98. The average molecular weight is 264 g/mol. The standard InChI is InChI=1S/C13H16N2O4/c16-12(17)10-5-9-1-2-11(10)15(9)13(18)14-6-8-3-4-19-7-8/h3-4,7,9-11H,1-2,5-6H2,(H,14,18)(H,16,17). The first-order valence-electron chi connectivity index (χ1n) is 6.47. The van der Waals surface area contributed by atoms with Gasteiger partial charge in [-0.1, -0.05) is 0 Å². The highest BCUT2D eigenvalue weighted by atomic mass is 16.4. The second-order valence-electron chi connectivity index (χ2n) is 5.18. The van der Waals surface area contributed by atoms with Crippen LogP contribution in [0.15, 0.2) is 23.0 Å². The van der Waals surface area contributed by atoms with Gasteiger partial charge in [0, 0.05) is 24.2 Å². The van der Waals surface area contributed by atoms with Gasteiger partial charge in [-0.25, -0.2) is 4.79 Å². The Morgan fingerprint density at radius 3 is 2.95 bits per heavy atom. The van der Waals surface area contributed by atoms with Crippen LogP contribution in [0.25, 0.3) is 0 Å². The molecule has 0 radical (unpaired) electrons. The lowest BCUT2D eigenvalue weighted by Gasteiger charge is -2.23. The summed E-state index contributed by atoms with van der Waals surface area (Å²) in [7, 11) is 0. The van der Waals surface area contributed by atoms with Crippen LogP contribution < -0.4 is 5.32 Å². The quantitative estimate of drug-likeness (QED) is 0.865. The van der Waals surface area contributed by atoms with Crippen LogP contribution in [-0.4, -0.2) is 34.1 Å². The highest BCUT2D eigenvalue weighted by Crippen LogP contribution is 2.41. The molecule has 0 aromatic carbocycles. The van der Waals surface area contributed by atoms with Crippen LogP contribution in [0.4, 0.5) is 4.79 Å². The molecular formula is C13H16N2O4. The van der Waals surface area contributed by atoms with Gasteiger partial charge in [0.05, 0.1) is 18.4 Å². The third-order valence-electron chi connectivity index (χ3n) is 4.11. The number of carbonyl (C=O) groups is 2. The Morgan fingerprint density at radius 2 is 2.32 bits per heavy atom. The predicted molar refractivity (Wildman–Crippen MR) is 65.3 cm³/mol. The summed E-state index contributed by atoms with van der Waals surface area (Å²) in [5.74, 6) is -1.20. The second-order valence-corrected chi connectivity index (χ2v) is 5.18. The Labute approximate surface area is 110 Å². The Morgan fingerprint density at radius 1 is 1.47 bits per heavy atom. The smallest absolute Gasteiger partial charge is 0.318 e. The Bertz CT molecular complexity index is 485. The SMILES string of the molecule is O=C(O)C1CC2CCC1N2C(=O)NCc1ccoc1. The van der Waals surface area contributed by atoms with E-state index >= 15 is 0 Å². The molecule has 0 aliphatic carbocycles. The molecular weight excluding hydrogens is 248 g/mol. The van der Waals surface area contributed by atoms with Crippen molar-refractivity contribution in [2.24, 2.45) is 5.92 Å². The van der Waals surface area contributed by atoms with Crippen LogP contribution in [-0.2, 0) is 11.3 Å². The van der Waals surface area contributed by atoms with Gasteiger partial charge in [-0.3, -0.25) is 4.79 Å². The largest absolute Gasteiger partial charge is 0.481 e. The van der Waals surface area contributed by atoms with Crippen molar-refractivity contribution >= 4 is 12.0 Å². The number of carboxylic acid groups (broad SMARTS) is 1. The van der Waals surface area contributed by atoms with E-state index in [-0.39, 0.29) is 18.1 Å². The first-order valence-corrected chi connectivity index (χ1v) is 6.47. The van der Waals surface area contributed by atoms with Crippen molar-refractivity contribution in [3.63, 3.8) is 0 Å². The van der Waals surface area contributed by atoms with Crippen molar-refractivity contribution in [2.45, 2.75) is 37.9 Å². The van der Waals surface area contributed by atoms with Crippen molar-refractivity contribution in [3.05, 3.63) is 24.2 Å². The first kappa shape index (κ1) is 12.1. The summed E-state index contributed by atoms with van der Waals surface area (Å²) in [6, 6.07) is 1.55. The molecule has 6 heteroatoms. The van der Waals surface area contributed by atoms with Gasteiger partial charge in [0.1, 0.15) is 0 Å². The number of fused-ring (bicyclic) bond motifs is 2. The Kier molecular flexibility index (Phi) is 2.93. The highest BCUT2D eigenvalue weighted by Gasteiger charge is 2.51. The van der Waals surface area contributed by atoms with Gasteiger partial charge in [-0.2, -0.15) is 0 Å². The van der Waals surface area contributed by atoms with Gasteiger partial charge >= 0.3 is 12.0 Å². The lowest BCUT2D eigenvalue weighted by atomic mass is 9.89. The maximum Gasteiger partial charge on any atom is 0.318 e. The fourth-order valence-corrected chi connectivity index (χ4v) is 3.23. The molecule has 2 saturated heterocycles. The summed E-state index contributed by atoms with van der Waals surface area (Å²) in [6.45, 7) is 0.406. The normalized spacial score (nSPS) is 28.6. The van der Waals surface area contributed by atoms with E-state index in [0.29, 0.717) is 13.0 Å². The van der Waals surface area contributed by atoms with E-state index in [1.807, 2.05) is 0 Å². The van der Waals surface area contributed by atoms with Crippen LogP contribution in [0, 0.1) is 5.92 Å². The van der Waals surface area contributed by atoms with Gasteiger partial charge in [0.25, 0.3) is 0 Å². The summed E-state index contributed by atoms with van der Waals surface area (Å²) in [6.07, 6.45) is 5.42. The fourth-order valence-electron chi connectivity index (χ4n) is 3.23. The van der Waals surface area contributed by atoms with Crippen LogP contribution >= 0.6 is 0 Å². The number of rotatable bonds is 3. The minimum atomic E-state index is -0.792. The molecule has 2 aliphatic heterocycles. The van der Waals surface area contributed by atoms with E-state index in [9.17, 15) is 9.59 Å². The van der Waals surface area contributed by atoms with Gasteiger partial charge in [0.2, 0.25) is 0 Å². The van der Waals surface area contributed by atoms with Crippen molar-refractivity contribution < 1.29 is 19.1 Å². The molecule has 3 unspecified atom stereocenters. The number of amides is 2. The number of nitrogens with one attached hydrogen (secondary N) is 1. The van der Waals surface area contributed by atoms with E-state index in [0.717, 1.165) is 18.4 Å². The first-order chi connectivity index (χ1) is 9.16. The van der Waals surface area contributed by atoms with E-state index < -0.39 is 11.9 Å². The Balaban J connectivity index is 1.63. The highest BCUT2D eigenvalue weighted by molar-refractivity contribution is 5.79. The molecule has 3 atom stereocenters.